The molecule has 9 heteroatoms. The van der Waals surface area contributed by atoms with E-state index in [0.29, 0.717) is 23.2 Å². The van der Waals surface area contributed by atoms with Crippen molar-refractivity contribution in [3.63, 3.8) is 0 Å². The summed E-state index contributed by atoms with van der Waals surface area (Å²) in [4.78, 5) is 15.5. The van der Waals surface area contributed by atoms with Crippen molar-refractivity contribution in [1.82, 2.24) is 31.1 Å². The zero-order chi connectivity index (χ0) is 18.1. The molecule has 1 aromatic carbocycles. The lowest BCUT2D eigenvalue weighted by Gasteiger charge is -2.13. The van der Waals surface area contributed by atoms with Gasteiger partial charge in [-0.05, 0) is 31.5 Å². The van der Waals surface area contributed by atoms with Crippen LogP contribution in [0.3, 0.4) is 0 Å². The van der Waals surface area contributed by atoms with E-state index in [1.54, 1.807) is 7.05 Å². The molecule has 1 heterocycles. The van der Waals surface area contributed by atoms with Crippen LogP contribution in [0.25, 0.3) is 11.4 Å². The first-order valence-corrected chi connectivity index (χ1v) is 8.43. The van der Waals surface area contributed by atoms with Gasteiger partial charge in [0.2, 0.25) is 0 Å². The maximum atomic E-state index is 11.1. The van der Waals surface area contributed by atoms with Gasteiger partial charge in [-0.2, -0.15) is 5.10 Å². The van der Waals surface area contributed by atoms with Crippen molar-refractivity contribution >= 4 is 23.4 Å². The van der Waals surface area contributed by atoms with Gasteiger partial charge in [-0.1, -0.05) is 30.3 Å². The number of carboxylic acid groups (broad SMARTS) is 1. The summed E-state index contributed by atoms with van der Waals surface area (Å²) in [5, 5.41) is 25.1. The van der Waals surface area contributed by atoms with Gasteiger partial charge in [-0.15, -0.1) is 0 Å². The van der Waals surface area contributed by atoms with Crippen molar-refractivity contribution in [3.8, 4) is 11.4 Å². The van der Waals surface area contributed by atoms with Crippen LogP contribution in [0.2, 0.25) is 0 Å². The molecule has 0 saturated carbocycles. The SMILES string of the molecule is CNC(=S)NCCCCC(NC(=O)O)c1n[nH]c(-c2ccccc2)n1. The van der Waals surface area contributed by atoms with Gasteiger partial charge in [0.25, 0.3) is 0 Å². The van der Waals surface area contributed by atoms with E-state index in [0.717, 1.165) is 24.9 Å². The molecule has 1 aromatic heterocycles. The highest BCUT2D eigenvalue weighted by Gasteiger charge is 2.19. The number of aromatic amines is 1. The van der Waals surface area contributed by atoms with E-state index in [1.165, 1.54) is 0 Å². The zero-order valence-corrected chi connectivity index (χ0v) is 14.8. The number of rotatable bonds is 8. The number of nitrogens with zero attached hydrogens (tertiary/aromatic N) is 2. The Morgan fingerprint density at radius 3 is 2.76 bits per heavy atom. The third-order valence-electron chi connectivity index (χ3n) is 3.59. The second-order valence-corrected chi connectivity index (χ2v) is 5.82. The molecule has 1 atom stereocenters. The maximum absolute atomic E-state index is 11.1. The first kappa shape index (κ1) is 18.7. The van der Waals surface area contributed by atoms with Gasteiger partial charge in [0.1, 0.15) is 0 Å². The van der Waals surface area contributed by atoms with Gasteiger partial charge in [0, 0.05) is 19.2 Å². The highest BCUT2D eigenvalue weighted by Crippen LogP contribution is 2.20. The molecule has 8 nitrogen and oxygen atoms in total. The number of thiocarbonyl (C=S) groups is 1. The number of hydrogen-bond acceptors (Lipinski definition) is 4. The Kier molecular flexibility index (Phi) is 7.15. The topological polar surface area (TPSA) is 115 Å². The monoisotopic (exact) mass is 362 g/mol. The first-order valence-electron chi connectivity index (χ1n) is 8.03. The van der Waals surface area contributed by atoms with Gasteiger partial charge in [-0.25, -0.2) is 9.78 Å². The van der Waals surface area contributed by atoms with Gasteiger partial charge >= 0.3 is 6.09 Å². The summed E-state index contributed by atoms with van der Waals surface area (Å²) < 4.78 is 0. The molecule has 25 heavy (non-hydrogen) atoms. The minimum atomic E-state index is -1.09. The first-order chi connectivity index (χ1) is 12.1. The normalized spacial score (nSPS) is 11.6. The van der Waals surface area contributed by atoms with Crippen LogP contribution in [0.15, 0.2) is 30.3 Å². The van der Waals surface area contributed by atoms with E-state index < -0.39 is 12.1 Å². The molecule has 1 amide bonds. The summed E-state index contributed by atoms with van der Waals surface area (Å²) >= 11 is 5.00. The van der Waals surface area contributed by atoms with Crippen LogP contribution in [-0.2, 0) is 0 Å². The zero-order valence-electron chi connectivity index (χ0n) is 14.0. The van der Waals surface area contributed by atoms with Gasteiger partial charge in [-0.3, -0.25) is 5.10 Å². The summed E-state index contributed by atoms with van der Waals surface area (Å²) in [6.07, 6.45) is 1.17. The van der Waals surface area contributed by atoms with Gasteiger partial charge in [0.15, 0.2) is 16.8 Å². The van der Waals surface area contributed by atoms with Crippen molar-refractivity contribution in [1.29, 1.82) is 0 Å². The van der Waals surface area contributed by atoms with E-state index in [2.05, 4.69) is 31.1 Å². The van der Waals surface area contributed by atoms with Crippen molar-refractivity contribution in [2.75, 3.05) is 13.6 Å². The van der Waals surface area contributed by atoms with E-state index in [4.69, 9.17) is 17.3 Å². The predicted octanol–water partition coefficient (Wildman–Crippen LogP) is 2.04. The molecule has 5 N–H and O–H groups in total. The summed E-state index contributed by atoms with van der Waals surface area (Å²) in [5.74, 6) is 1.06. The third-order valence-corrected chi connectivity index (χ3v) is 3.94. The Balaban J connectivity index is 1.94. The summed E-state index contributed by atoms with van der Waals surface area (Å²) in [6, 6.07) is 9.12. The summed E-state index contributed by atoms with van der Waals surface area (Å²) in [6.45, 7) is 0.725. The number of unbranched alkanes of at least 4 members (excludes halogenated alkanes) is 1. The lowest BCUT2D eigenvalue weighted by Crippen LogP contribution is -2.33. The molecule has 0 saturated heterocycles. The highest BCUT2D eigenvalue weighted by atomic mass is 32.1. The number of amides is 1. The molecule has 134 valence electrons. The molecule has 2 aromatic rings. The number of aromatic nitrogens is 3. The number of hydrogen-bond donors (Lipinski definition) is 5. The number of benzene rings is 1. The van der Waals surface area contributed by atoms with E-state index in [-0.39, 0.29) is 0 Å². The van der Waals surface area contributed by atoms with Crippen molar-refractivity contribution in [2.45, 2.75) is 25.3 Å². The summed E-state index contributed by atoms with van der Waals surface area (Å²) in [5.41, 5.74) is 0.903. The molecular formula is C16H22N6O2S. The fraction of sp³-hybridized carbons (Fsp3) is 0.375. The fourth-order valence-electron chi connectivity index (χ4n) is 2.33. The molecule has 2 rings (SSSR count). The predicted molar refractivity (Wildman–Crippen MR) is 99.2 cm³/mol. The second-order valence-electron chi connectivity index (χ2n) is 5.41. The van der Waals surface area contributed by atoms with E-state index >= 15 is 0 Å². The number of carbonyl (C=O) groups is 1. The second kappa shape index (κ2) is 9.58. The van der Waals surface area contributed by atoms with Crippen LogP contribution in [-0.4, -0.2) is 45.1 Å². The Morgan fingerprint density at radius 2 is 2.08 bits per heavy atom. The van der Waals surface area contributed by atoms with E-state index in [1.807, 2.05) is 30.3 Å². The van der Waals surface area contributed by atoms with Gasteiger partial charge in [0.05, 0.1) is 6.04 Å². The largest absolute Gasteiger partial charge is 0.465 e. The Bertz CT molecular complexity index is 691. The van der Waals surface area contributed by atoms with Crippen molar-refractivity contribution in [3.05, 3.63) is 36.2 Å². The van der Waals surface area contributed by atoms with E-state index in [9.17, 15) is 4.79 Å². The van der Waals surface area contributed by atoms with Crippen LogP contribution in [0.1, 0.15) is 31.1 Å². The molecule has 0 spiro atoms. The fourth-order valence-corrected chi connectivity index (χ4v) is 2.44. The molecule has 0 aliphatic heterocycles. The minimum Gasteiger partial charge on any atom is -0.465 e. The molecule has 0 aliphatic rings. The van der Waals surface area contributed by atoms with Crippen LogP contribution >= 0.6 is 12.2 Å². The Hall–Kier alpha value is -2.68. The third kappa shape index (κ3) is 6.03. The summed E-state index contributed by atoms with van der Waals surface area (Å²) in [7, 11) is 1.76. The van der Waals surface area contributed by atoms with Crippen molar-refractivity contribution < 1.29 is 9.90 Å². The number of nitrogens with one attached hydrogen (secondary N) is 4. The maximum Gasteiger partial charge on any atom is 0.405 e. The highest BCUT2D eigenvalue weighted by molar-refractivity contribution is 7.80. The lowest BCUT2D eigenvalue weighted by atomic mass is 10.1. The average Bonchev–Trinajstić information content (AvgIpc) is 3.10. The van der Waals surface area contributed by atoms with Crippen LogP contribution in [0.5, 0.6) is 0 Å². The van der Waals surface area contributed by atoms with Gasteiger partial charge < -0.3 is 21.1 Å². The molecular weight excluding hydrogens is 340 g/mol. The van der Waals surface area contributed by atoms with Crippen LogP contribution in [0.4, 0.5) is 4.79 Å². The molecule has 1 unspecified atom stereocenters. The Labute approximate surface area is 151 Å². The average molecular weight is 362 g/mol. The quantitative estimate of drug-likeness (QED) is 0.360. The minimum absolute atomic E-state index is 0.444. The number of H-pyrrole nitrogens is 1. The lowest BCUT2D eigenvalue weighted by molar-refractivity contribution is 0.188. The van der Waals surface area contributed by atoms with Crippen LogP contribution in [0, 0.1) is 0 Å². The standard InChI is InChI=1S/C16H22N6O2S/c1-17-15(25)18-10-6-5-9-12(19-16(23)24)14-20-13(21-22-14)11-7-3-2-4-8-11/h2-4,7-8,12,19H,5-6,9-10H2,1H3,(H,23,24)(H2,17,18,25)(H,20,21,22). The molecule has 0 radical (unpaired) electrons. The molecule has 0 aliphatic carbocycles. The Morgan fingerprint density at radius 1 is 1.32 bits per heavy atom. The smallest absolute Gasteiger partial charge is 0.405 e. The molecule has 0 bridgehead atoms. The van der Waals surface area contributed by atoms with Crippen molar-refractivity contribution in [2.24, 2.45) is 0 Å². The van der Waals surface area contributed by atoms with Crippen LogP contribution < -0.4 is 16.0 Å². The molecule has 0 fully saturated rings.